The van der Waals surface area contributed by atoms with E-state index < -0.39 is 0 Å². The first-order valence-electron chi connectivity index (χ1n) is 7.11. The van der Waals surface area contributed by atoms with Gasteiger partial charge in [0.15, 0.2) is 0 Å². The highest BCUT2D eigenvalue weighted by atomic mass is 35.5. The monoisotopic (exact) mass is 360 g/mol. The van der Waals surface area contributed by atoms with E-state index in [0.29, 0.717) is 27.5 Å². The maximum Gasteiger partial charge on any atom is 0.229 e. The van der Waals surface area contributed by atoms with Gasteiger partial charge in [0.25, 0.3) is 0 Å². The quantitative estimate of drug-likeness (QED) is 0.648. The molecule has 0 unspecified atom stereocenters. The van der Waals surface area contributed by atoms with Crippen LogP contribution in [0, 0.1) is 0 Å². The summed E-state index contributed by atoms with van der Waals surface area (Å²) in [6, 6.07) is 14.6. The SMILES string of the molecule is COc1ccc(Nc2ccnc(Nc3c(Cl)cccc3Cl)n2)cc1. The Morgan fingerprint density at radius 2 is 1.62 bits per heavy atom. The third kappa shape index (κ3) is 3.88. The largest absolute Gasteiger partial charge is 0.497 e. The third-order valence-corrected chi connectivity index (χ3v) is 3.85. The maximum atomic E-state index is 6.15. The Bertz CT molecular complexity index is 820. The van der Waals surface area contributed by atoms with Gasteiger partial charge in [-0.1, -0.05) is 29.3 Å². The molecule has 0 radical (unpaired) electrons. The van der Waals surface area contributed by atoms with E-state index in [1.54, 1.807) is 37.6 Å². The lowest BCUT2D eigenvalue weighted by Gasteiger charge is -2.11. The summed E-state index contributed by atoms with van der Waals surface area (Å²) in [6.07, 6.45) is 1.64. The zero-order valence-corrected chi connectivity index (χ0v) is 14.3. The molecule has 24 heavy (non-hydrogen) atoms. The molecule has 2 aromatic carbocycles. The molecule has 1 heterocycles. The number of ether oxygens (including phenoxy) is 1. The van der Waals surface area contributed by atoms with Crippen molar-refractivity contribution in [2.24, 2.45) is 0 Å². The Labute approximate surface area is 149 Å². The van der Waals surface area contributed by atoms with Crippen molar-refractivity contribution in [1.29, 1.82) is 0 Å². The van der Waals surface area contributed by atoms with Crippen LogP contribution >= 0.6 is 23.2 Å². The highest BCUT2D eigenvalue weighted by Gasteiger charge is 2.08. The van der Waals surface area contributed by atoms with E-state index in [1.807, 2.05) is 24.3 Å². The smallest absolute Gasteiger partial charge is 0.229 e. The Kier molecular flexibility index (Phi) is 5.03. The normalized spacial score (nSPS) is 10.3. The van der Waals surface area contributed by atoms with Crippen LogP contribution in [0.15, 0.2) is 54.7 Å². The number of halogens is 2. The second-order valence-corrected chi connectivity index (χ2v) is 5.66. The number of aromatic nitrogens is 2. The van der Waals surface area contributed by atoms with Crippen LogP contribution < -0.4 is 15.4 Å². The lowest BCUT2D eigenvalue weighted by atomic mass is 10.3. The van der Waals surface area contributed by atoms with Crippen LogP contribution in [-0.4, -0.2) is 17.1 Å². The highest BCUT2D eigenvalue weighted by molar-refractivity contribution is 6.39. The summed E-state index contributed by atoms with van der Waals surface area (Å²) < 4.78 is 5.14. The molecular formula is C17H14Cl2N4O. The molecule has 1 aromatic heterocycles. The van der Waals surface area contributed by atoms with Crippen LogP contribution in [0.3, 0.4) is 0 Å². The van der Waals surface area contributed by atoms with E-state index in [4.69, 9.17) is 27.9 Å². The number of methoxy groups -OCH3 is 1. The average molecular weight is 361 g/mol. The molecule has 0 spiro atoms. The first kappa shape index (κ1) is 16.4. The van der Waals surface area contributed by atoms with Gasteiger partial charge in [-0.05, 0) is 42.5 Å². The number of hydrogen-bond acceptors (Lipinski definition) is 5. The van der Waals surface area contributed by atoms with Crippen molar-refractivity contribution < 1.29 is 4.74 Å². The van der Waals surface area contributed by atoms with Gasteiger partial charge >= 0.3 is 0 Å². The van der Waals surface area contributed by atoms with Gasteiger partial charge in [-0.3, -0.25) is 0 Å². The van der Waals surface area contributed by atoms with Crippen molar-refractivity contribution in [1.82, 2.24) is 9.97 Å². The molecule has 0 saturated heterocycles. The summed E-state index contributed by atoms with van der Waals surface area (Å²) in [6.45, 7) is 0. The minimum absolute atomic E-state index is 0.392. The van der Waals surface area contributed by atoms with Crippen LogP contribution in [0.5, 0.6) is 5.75 Å². The van der Waals surface area contributed by atoms with Crippen molar-refractivity contribution in [2.75, 3.05) is 17.7 Å². The first-order valence-corrected chi connectivity index (χ1v) is 7.86. The van der Waals surface area contributed by atoms with Gasteiger partial charge in [0, 0.05) is 11.9 Å². The molecule has 3 rings (SSSR count). The minimum Gasteiger partial charge on any atom is -0.497 e. The van der Waals surface area contributed by atoms with Crippen molar-refractivity contribution in [3.05, 3.63) is 64.8 Å². The van der Waals surface area contributed by atoms with Crippen molar-refractivity contribution >= 4 is 46.3 Å². The van der Waals surface area contributed by atoms with Crippen molar-refractivity contribution in [3.8, 4) is 5.75 Å². The third-order valence-electron chi connectivity index (χ3n) is 3.22. The Balaban J connectivity index is 1.78. The van der Waals surface area contributed by atoms with E-state index in [9.17, 15) is 0 Å². The molecule has 0 amide bonds. The molecule has 0 bridgehead atoms. The average Bonchev–Trinajstić information content (AvgIpc) is 2.59. The van der Waals surface area contributed by atoms with Gasteiger partial charge in [0.2, 0.25) is 5.95 Å². The van der Waals surface area contributed by atoms with Gasteiger partial charge in [-0.25, -0.2) is 4.98 Å². The number of nitrogens with one attached hydrogen (secondary N) is 2. The maximum absolute atomic E-state index is 6.15. The second-order valence-electron chi connectivity index (χ2n) is 4.84. The second kappa shape index (κ2) is 7.38. The number of hydrogen-bond donors (Lipinski definition) is 2. The predicted molar refractivity (Wildman–Crippen MR) is 98.1 cm³/mol. The van der Waals surface area contributed by atoms with E-state index in [2.05, 4.69) is 20.6 Å². The molecule has 0 saturated carbocycles. The fraction of sp³-hybridized carbons (Fsp3) is 0.0588. The van der Waals surface area contributed by atoms with Crippen molar-refractivity contribution in [2.45, 2.75) is 0 Å². The van der Waals surface area contributed by atoms with Gasteiger partial charge in [0.1, 0.15) is 11.6 Å². The lowest BCUT2D eigenvalue weighted by molar-refractivity contribution is 0.415. The molecule has 122 valence electrons. The summed E-state index contributed by atoms with van der Waals surface area (Å²) in [7, 11) is 1.63. The molecule has 0 aliphatic carbocycles. The molecule has 5 nitrogen and oxygen atoms in total. The Morgan fingerprint density at radius 3 is 2.29 bits per heavy atom. The topological polar surface area (TPSA) is 59.1 Å². The zero-order chi connectivity index (χ0) is 16.9. The summed E-state index contributed by atoms with van der Waals surface area (Å²) >= 11 is 12.3. The molecule has 0 fully saturated rings. The Morgan fingerprint density at radius 1 is 0.917 bits per heavy atom. The van der Waals surface area contributed by atoms with Gasteiger partial charge in [-0.2, -0.15) is 4.98 Å². The molecular weight excluding hydrogens is 347 g/mol. The molecule has 2 N–H and O–H groups in total. The van der Waals surface area contributed by atoms with E-state index in [-0.39, 0.29) is 0 Å². The molecule has 0 atom stereocenters. The standard InChI is InChI=1S/C17H14Cl2N4O/c1-24-12-7-5-11(6-8-12)21-15-9-10-20-17(22-15)23-16-13(18)3-2-4-14(16)19/h2-10H,1H3,(H2,20,21,22,23). The van der Waals surface area contributed by atoms with Crippen LogP contribution in [0.2, 0.25) is 10.0 Å². The summed E-state index contributed by atoms with van der Waals surface area (Å²) in [5.74, 6) is 1.82. The molecule has 0 aliphatic heterocycles. The summed E-state index contributed by atoms with van der Waals surface area (Å²) in [5, 5.41) is 7.24. The van der Waals surface area contributed by atoms with Gasteiger partial charge < -0.3 is 15.4 Å². The zero-order valence-electron chi connectivity index (χ0n) is 12.8. The number of nitrogens with zero attached hydrogens (tertiary/aromatic N) is 2. The first-order chi connectivity index (χ1) is 11.7. The number of para-hydroxylation sites is 1. The van der Waals surface area contributed by atoms with Crippen molar-refractivity contribution in [3.63, 3.8) is 0 Å². The van der Waals surface area contributed by atoms with Crippen LogP contribution in [0.25, 0.3) is 0 Å². The molecule has 0 aliphatic rings. The fourth-order valence-electron chi connectivity index (χ4n) is 2.04. The summed E-state index contributed by atoms with van der Waals surface area (Å²) in [4.78, 5) is 8.59. The van der Waals surface area contributed by atoms with Crippen LogP contribution in [-0.2, 0) is 0 Å². The highest BCUT2D eigenvalue weighted by Crippen LogP contribution is 2.31. The fourth-order valence-corrected chi connectivity index (χ4v) is 2.53. The van der Waals surface area contributed by atoms with Crippen LogP contribution in [0.1, 0.15) is 0 Å². The Hall–Kier alpha value is -2.50. The van der Waals surface area contributed by atoms with Gasteiger partial charge in [0.05, 0.1) is 22.8 Å². The lowest BCUT2D eigenvalue weighted by Crippen LogP contribution is -2.01. The van der Waals surface area contributed by atoms with E-state index in [1.165, 1.54) is 0 Å². The van der Waals surface area contributed by atoms with E-state index >= 15 is 0 Å². The van der Waals surface area contributed by atoms with E-state index in [0.717, 1.165) is 11.4 Å². The minimum atomic E-state index is 0.392. The predicted octanol–water partition coefficient (Wildman–Crippen LogP) is 5.28. The molecule has 3 aromatic rings. The van der Waals surface area contributed by atoms with Crippen LogP contribution in [0.4, 0.5) is 23.1 Å². The number of anilines is 4. The number of rotatable bonds is 5. The summed E-state index contributed by atoms with van der Waals surface area (Å²) in [5.41, 5.74) is 1.46. The van der Waals surface area contributed by atoms with Gasteiger partial charge in [-0.15, -0.1) is 0 Å². The number of benzene rings is 2. The molecule has 7 heteroatoms.